The fourth-order valence-electron chi connectivity index (χ4n) is 2.03. The second kappa shape index (κ2) is 6.75. The van der Waals surface area contributed by atoms with Crippen molar-refractivity contribution in [3.63, 3.8) is 0 Å². The van der Waals surface area contributed by atoms with Crippen molar-refractivity contribution < 1.29 is 4.79 Å². The van der Waals surface area contributed by atoms with E-state index >= 15 is 0 Å². The zero-order chi connectivity index (χ0) is 12.8. The van der Waals surface area contributed by atoms with Crippen LogP contribution in [0.25, 0.3) is 0 Å². The Morgan fingerprint density at radius 3 is 2.83 bits per heavy atom. The number of nitrogens with one attached hydrogen (secondary N) is 3. The maximum Gasteiger partial charge on any atom is 0.319 e. The predicted molar refractivity (Wildman–Crippen MR) is 76.8 cm³/mol. The summed E-state index contributed by atoms with van der Waals surface area (Å²) >= 11 is 3.36. The molecule has 4 nitrogen and oxygen atoms in total. The van der Waals surface area contributed by atoms with Gasteiger partial charge in [-0.15, -0.1) is 0 Å². The minimum atomic E-state index is -0.133. The highest BCUT2D eigenvalue weighted by Crippen LogP contribution is 2.14. The molecular formula is C13H18BrN3O. The summed E-state index contributed by atoms with van der Waals surface area (Å²) in [4.78, 5) is 11.8. The third-order valence-electron chi connectivity index (χ3n) is 2.98. The summed E-state index contributed by atoms with van der Waals surface area (Å²) in [5.74, 6) is 0. The van der Waals surface area contributed by atoms with E-state index in [1.165, 1.54) is 6.42 Å². The molecule has 0 saturated carbocycles. The predicted octanol–water partition coefficient (Wildman–Crippen LogP) is 2.71. The van der Waals surface area contributed by atoms with Crippen molar-refractivity contribution in [1.82, 2.24) is 10.6 Å². The molecule has 1 aliphatic heterocycles. The number of carbonyl (C=O) groups excluding carboxylic acids is 1. The van der Waals surface area contributed by atoms with Crippen molar-refractivity contribution in [2.45, 2.75) is 25.3 Å². The van der Waals surface area contributed by atoms with Crippen LogP contribution in [-0.2, 0) is 0 Å². The molecule has 98 valence electrons. The van der Waals surface area contributed by atoms with Crippen molar-refractivity contribution in [2.75, 3.05) is 18.4 Å². The maximum absolute atomic E-state index is 11.8. The smallest absolute Gasteiger partial charge is 0.319 e. The van der Waals surface area contributed by atoms with Gasteiger partial charge >= 0.3 is 6.03 Å². The van der Waals surface area contributed by atoms with Gasteiger partial charge in [0.1, 0.15) is 0 Å². The Hall–Kier alpha value is -1.07. The minimum absolute atomic E-state index is 0.133. The molecule has 1 aromatic rings. The van der Waals surface area contributed by atoms with Gasteiger partial charge in [-0.05, 0) is 43.7 Å². The molecule has 3 N–H and O–H groups in total. The Kier molecular flexibility index (Phi) is 5.01. The molecule has 0 bridgehead atoms. The van der Waals surface area contributed by atoms with Crippen molar-refractivity contribution in [3.8, 4) is 0 Å². The van der Waals surface area contributed by atoms with Crippen LogP contribution in [0.3, 0.4) is 0 Å². The Balaban J connectivity index is 1.82. The molecule has 18 heavy (non-hydrogen) atoms. The van der Waals surface area contributed by atoms with Crippen LogP contribution < -0.4 is 16.0 Å². The quantitative estimate of drug-likeness (QED) is 0.786. The lowest BCUT2D eigenvalue weighted by Crippen LogP contribution is -2.42. The topological polar surface area (TPSA) is 53.2 Å². The summed E-state index contributed by atoms with van der Waals surface area (Å²) in [6.45, 7) is 1.90. The molecule has 1 aliphatic rings. The zero-order valence-corrected chi connectivity index (χ0v) is 11.8. The Morgan fingerprint density at radius 2 is 2.06 bits per heavy atom. The van der Waals surface area contributed by atoms with Crippen LogP contribution in [0.4, 0.5) is 10.5 Å². The normalized spacial score (nSPS) is 19.9. The zero-order valence-electron chi connectivity index (χ0n) is 10.2. The monoisotopic (exact) mass is 311 g/mol. The minimum Gasteiger partial charge on any atom is -0.334 e. The molecule has 5 heteroatoms. The number of amides is 2. The van der Waals surface area contributed by atoms with Gasteiger partial charge in [-0.1, -0.05) is 22.4 Å². The van der Waals surface area contributed by atoms with E-state index in [-0.39, 0.29) is 12.1 Å². The first kappa shape index (κ1) is 13.4. The Bertz CT molecular complexity index is 386. The number of anilines is 1. The molecule has 1 aromatic carbocycles. The fourth-order valence-corrected chi connectivity index (χ4v) is 2.29. The second-order valence-electron chi connectivity index (χ2n) is 4.50. The molecule has 1 fully saturated rings. The van der Waals surface area contributed by atoms with Gasteiger partial charge in [0.2, 0.25) is 0 Å². The molecule has 0 spiro atoms. The number of urea groups is 1. The van der Waals surface area contributed by atoms with Gasteiger partial charge in [0, 0.05) is 22.7 Å². The van der Waals surface area contributed by atoms with E-state index in [0.29, 0.717) is 0 Å². The number of hydrogen-bond acceptors (Lipinski definition) is 2. The van der Waals surface area contributed by atoms with E-state index in [1.807, 2.05) is 24.3 Å². The summed E-state index contributed by atoms with van der Waals surface area (Å²) in [5.41, 5.74) is 0.803. The summed E-state index contributed by atoms with van der Waals surface area (Å²) < 4.78 is 1.00. The number of carbonyl (C=O) groups is 1. The number of hydrogen-bond donors (Lipinski definition) is 3. The second-order valence-corrected chi connectivity index (χ2v) is 5.42. The summed E-state index contributed by atoms with van der Waals surface area (Å²) in [7, 11) is 0. The van der Waals surface area contributed by atoms with Crippen LogP contribution >= 0.6 is 15.9 Å². The molecule has 0 radical (unpaired) electrons. The molecule has 0 aliphatic carbocycles. The van der Waals surface area contributed by atoms with Crippen LogP contribution in [0.2, 0.25) is 0 Å². The van der Waals surface area contributed by atoms with Crippen LogP contribution in [0, 0.1) is 0 Å². The molecular weight excluding hydrogens is 294 g/mol. The van der Waals surface area contributed by atoms with Crippen LogP contribution in [0.1, 0.15) is 19.3 Å². The number of benzene rings is 1. The lowest BCUT2D eigenvalue weighted by molar-refractivity contribution is 0.247. The van der Waals surface area contributed by atoms with E-state index in [2.05, 4.69) is 31.9 Å². The average Bonchev–Trinajstić information content (AvgIpc) is 2.61. The van der Waals surface area contributed by atoms with Crippen molar-refractivity contribution in [3.05, 3.63) is 28.7 Å². The highest BCUT2D eigenvalue weighted by molar-refractivity contribution is 9.10. The lowest BCUT2D eigenvalue weighted by Gasteiger charge is -2.16. The summed E-state index contributed by atoms with van der Waals surface area (Å²) in [6.07, 6.45) is 3.39. The number of rotatable bonds is 2. The largest absolute Gasteiger partial charge is 0.334 e. The molecule has 1 saturated heterocycles. The molecule has 0 aromatic heterocycles. The average molecular weight is 312 g/mol. The van der Waals surface area contributed by atoms with E-state index in [9.17, 15) is 4.79 Å². The molecule has 2 amide bonds. The van der Waals surface area contributed by atoms with E-state index in [1.54, 1.807) is 0 Å². The first-order valence-corrected chi connectivity index (χ1v) is 7.07. The maximum atomic E-state index is 11.8. The van der Waals surface area contributed by atoms with Gasteiger partial charge in [-0.25, -0.2) is 4.79 Å². The molecule has 1 unspecified atom stereocenters. The van der Waals surface area contributed by atoms with Crippen LogP contribution in [-0.4, -0.2) is 25.2 Å². The summed E-state index contributed by atoms with van der Waals surface area (Å²) in [6, 6.07) is 7.64. The molecule has 1 heterocycles. The van der Waals surface area contributed by atoms with E-state index in [0.717, 1.165) is 36.1 Å². The van der Waals surface area contributed by atoms with Gasteiger partial charge < -0.3 is 16.0 Å². The van der Waals surface area contributed by atoms with E-state index < -0.39 is 0 Å². The fraction of sp³-hybridized carbons (Fsp3) is 0.462. The van der Waals surface area contributed by atoms with Crippen LogP contribution in [0.5, 0.6) is 0 Å². The molecule has 2 rings (SSSR count). The Labute approximate surface area is 116 Å². The van der Waals surface area contributed by atoms with Gasteiger partial charge in [-0.3, -0.25) is 0 Å². The van der Waals surface area contributed by atoms with Crippen molar-refractivity contribution in [1.29, 1.82) is 0 Å². The Morgan fingerprint density at radius 1 is 1.28 bits per heavy atom. The SMILES string of the molecule is O=C(Nc1ccc(Br)cc1)NC1CCCCNC1. The first-order valence-electron chi connectivity index (χ1n) is 6.28. The third-order valence-corrected chi connectivity index (χ3v) is 3.51. The lowest BCUT2D eigenvalue weighted by atomic mass is 10.1. The van der Waals surface area contributed by atoms with E-state index in [4.69, 9.17) is 0 Å². The standard InChI is InChI=1S/C13H18BrN3O/c14-10-4-6-11(7-5-10)16-13(18)17-12-3-1-2-8-15-9-12/h4-7,12,15H,1-3,8-9H2,(H2,16,17,18). The highest BCUT2D eigenvalue weighted by Gasteiger charge is 2.14. The molecule has 1 atom stereocenters. The van der Waals surface area contributed by atoms with Crippen molar-refractivity contribution in [2.24, 2.45) is 0 Å². The van der Waals surface area contributed by atoms with Gasteiger partial charge in [-0.2, -0.15) is 0 Å². The van der Waals surface area contributed by atoms with Gasteiger partial charge in [0.25, 0.3) is 0 Å². The van der Waals surface area contributed by atoms with Crippen molar-refractivity contribution >= 4 is 27.6 Å². The third kappa shape index (κ3) is 4.31. The van der Waals surface area contributed by atoms with Crippen LogP contribution in [0.15, 0.2) is 28.7 Å². The number of halogens is 1. The highest BCUT2D eigenvalue weighted by atomic mass is 79.9. The summed E-state index contributed by atoms with van der Waals surface area (Å²) in [5, 5.41) is 9.16. The first-order chi connectivity index (χ1) is 8.74. The van der Waals surface area contributed by atoms with Gasteiger partial charge in [0.05, 0.1) is 0 Å². The van der Waals surface area contributed by atoms with Gasteiger partial charge in [0.15, 0.2) is 0 Å².